The molecular weight excluding hydrogens is 472 g/mol. The fourth-order valence-electron chi connectivity index (χ4n) is 5.44. The van der Waals surface area contributed by atoms with Crippen molar-refractivity contribution in [1.29, 1.82) is 0 Å². The van der Waals surface area contributed by atoms with Crippen molar-refractivity contribution in [3.8, 4) is 11.5 Å². The molecule has 0 bridgehead atoms. The molecule has 1 spiro atoms. The van der Waals surface area contributed by atoms with E-state index in [1.807, 2.05) is 0 Å². The number of carbonyl (C=O) groups excluding carboxylic acids is 1. The summed E-state index contributed by atoms with van der Waals surface area (Å²) in [7, 11) is 0. The van der Waals surface area contributed by atoms with Gasteiger partial charge < -0.3 is 19.3 Å². The highest BCUT2D eigenvalue weighted by Crippen LogP contribution is 2.95. The van der Waals surface area contributed by atoms with Crippen LogP contribution >= 0.6 is 23.2 Å². The van der Waals surface area contributed by atoms with Gasteiger partial charge in [-0.1, -0.05) is 28.4 Å². The monoisotopic (exact) mass is 489 g/mol. The smallest absolute Gasteiger partial charge is 0.258 e. The quantitative estimate of drug-likeness (QED) is 0.502. The largest absolute Gasteiger partial charge is 0.485 e. The molecule has 0 saturated heterocycles. The Morgan fingerprint density at radius 2 is 1.88 bits per heavy atom. The van der Waals surface area contributed by atoms with Gasteiger partial charge in [0.15, 0.2) is 13.2 Å². The molecule has 1 N–H and O–H groups in total. The molecular formula is C23H18Cl2FN3O4. The van der Waals surface area contributed by atoms with Gasteiger partial charge in [0.2, 0.25) is 11.7 Å². The van der Waals surface area contributed by atoms with E-state index in [4.69, 9.17) is 37.2 Å². The molecule has 3 saturated carbocycles. The van der Waals surface area contributed by atoms with Gasteiger partial charge in [-0.15, -0.1) is 0 Å². The summed E-state index contributed by atoms with van der Waals surface area (Å²) in [6.07, 6.45) is 2.53. The Hall–Kier alpha value is -2.84. The second-order valence-corrected chi connectivity index (χ2v) is 9.79. The Morgan fingerprint density at radius 1 is 1.09 bits per heavy atom. The van der Waals surface area contributed by atoms with Gasteiger partial charge in [-0.2, -0.15) is 4.98 Å². The third-order valence-electron chi connectivity index (χ3n) is 7.09. The van der Waals surface area contributed by atoms with Gasteiger partial charge in [0, 0.05) is 22.0 Å². The minimum Gasteiger partial charge on any atom is -0.485 e. The van der Waals surface area contributed by atoms with Crippen LogP contribution in [-0.2, 0) is 16.8 Å². The van der Waals surface area contributed by atoms with Gasteiger partial charge in [0.1, 0.15) is 17.3 Å². The molecule has 6 rings (SSSR count). The Labute approximate surface area is 198 Å². The third-order valence-corrected chi connectivity index (χ3v) is 7.65. The summed E-state index contributed by atoms with van der Waals surface area (Å²) in [5.41, 5.74) is -0.415. The Morgan fingerprint density at radius 3 is 2.64 bits per heavy atom. The van der Waals surface area contributed by atoms with Crippen molar-refractivity contribution in [2.75, 3.05) is 6.61 Å². The van der Waals surface area contributed by atoms with Gasteiger partial charge in [-0.25, -0.2) is 4.39 Å². The average molecular weight is 490 g/mol. The number of nitrogens with zero attached hydrogens (tertiary/aromatic N) is 2. The standard InChI is InChI=1S/C23H18Cl2FN3O4/c24-13-1-3-14(4-2-13)31-8-18-27-20(33-29-18)21-10-22(21)12-23(22,11-21)28-19(30)9-32-15-5-6-16(25)17(26)7-15/h1-7H,8-12H2,(H,28,30). The van der Waals surface area contributed by atoms with Crippen molar-refractivity contribution < 1.29 is 23.2 Å². The molecule has 3 atom stereocenters. The van der Waals surface area contributed by atoms with Gasteiger partial charge in [0.05, 0.1) is 10.4 Å². The molecule has 170 valence electrons. The molecule has 0 radical (unpaired) electrons. The number of benzene rings is 2. The summed E-state index contributed by atoms with van der Waals surface area (Å²) in [5.74, 6) is 1.17. The van der Waals surface area contributed by atoms with Crippen molar-refractivity contribution in [3.63, 3.8) is 0 Å². The predicted octanol–water partition coefficient (Wildman–Crippen LogP) is 4.46. The lowest BCUT2D eigenvalue weighted by molar-refractivity contribution is -0.124. The summed E-state index contributed by atoms with van der Waals surface area (Å²) < 4.78 is 30.1. The lowest BCUT2D eigenvalue weighted by Gasteiger charge is -2.32. The lowest BCUT2D eigenvalue weighted by Crippen LogP contribution is -2.50. The number of hydrogen-bond donors (Lipinski definition) is 1. The van der Waals surface area contributed by atoms with Crippen molar-refractivity contribution in [2.45, 2.75) is 36.8 Å². The Kier molecular flexibility index (Phi) is 4.45. The minimum atomic E-state index is -0.589. The Bertz CT molecular complexity index is 1270. The maximum Gasteiger partial charge on any atom is 0.258 e. The number of aromatic nitrogens is 2. The van der Waals surface area contributed by atoms with E-state index in [2.05, 4.69) is 15.5 Å². The topological polar surface area (TPSA) is 86.5 Å². The second kappa shape index (κ2) is 7.08. The highest BCUT2D eigenvalue weighted by atomic mass is 35.5. The van der Waals surface area contributed by atoms with E-state index < -0.39 is 5.82 Å². The van der Waals surface area contributed by atoms with E-state index in [1.165, 1.54) is 12.1 Å². The summed E-state index contributed by atoms with van der Waals surface area (Å²) >= 11 is 11.5. The zero-order valence-electron chi connectivity index (χ0n) is 17.2. The van der Waals surface area contributed by atoms with Crippen molar-refractivity contribution in [3.05, 3.63) is 70.0 Å². The SMILES string of the molecule is O=C(COc1ccc(Cl)c(F)c1)NC12CC3(c4nc(COc5ccc(Cl)cc5)no4)CC13C2. The van der Waals surface area contributed by atoms with Crippen LogP contribution in [0.4, 0.5) is 4.39 Å². The van der Waals surface area contributed by atoms with E-state index in [0.29, 0.717) is 22.5 Å². The number of amides is 1. The molecule has 1 amide bonds. The van der Waals surface area contributed by atoms with Crippen molar-refractivity contribution in [1.82, 2.24) is 15.5 Å². The number of rotatable bonds is 8. The van der Waals surface area contributed by atoms with Crippen molar-refractivity contribution >= 4 is 29.1 Å². The minimum absolute atomic E-state index is 0.00544. The van der Waals surface area contributed by atoms with Crippen LogP contribution in [0.1, 0.15) is 31.0 Å². The van der Waals surface area contributed by atoms with E-state index in [9.17, 15) is 9.18 Å². The van der Waals surface area contributed by atoms with Gasteiger partial charge in [0.25, 0.3) is 5.91 Å². The molecule has 1 heterocycles. The van der Waals surface area contributed by atoms with E-state index in [1.54, 1.807) is 24.3 Å². The zero-order valence-corrected chi connectivity index (χ0v) is 18.8. The van der Waals surface area contributed by atoms with Crippen LogP contribution in [0.15, 0.2) is 47.0 Å². The van der Waals surface area contributed by atoms with Crippen LogP contribution in [0.25, 0.3) is 0 Å². The van der Waals surface area contributed by atoms with Crippen LogP contribution in [0.3, 0.4) is 0 Å². The van der Waals surface area contributed by atoms with Crippen molar-refractivity contribution in [2.24, 2.45) is 5.41 Å². The molecule has 10 heteroatoms. The summed E-state index contributed by atoms with van der Waals surface area (Å²) in [5, 5.41) is 7.78. The first-order valence-corrected chi connectivity index (χ1v) is 11.2. The number of nitrogens with one attached hydrogen (secondary N) is 1. The Balaban J connectivity index is 1.03. The molecule has 3 aliphatic carbocycles. The van der Waals surface area contributed by atoms with Crippen LogP contribution in [-0.4, -0.2) is 28.2 Å². The molecule has 0 aliphatic heterocycles. The van der Waals surface area contributed by atoms with Crippen LogP contribution in [0.5, 0.6) is 11.5 Å². The molecule has 3 aromatic rings. The normalized spacial score (nSPS) is 28.2. The van der Waals surface area contributed by atoms with Crippen LogP contribution in [0.2, 0.25) is 10.0 Å². The van der Waals surface area contributed by atoms with Crippen LogP contribution < -0.4 is 14.8 Å². The zero-order chi connectivity index (χ0) is 22.8. The fraction of sp³-hybridized carbons (Fsp3) is 0.348. The number of ether oxygens (including phenoxy) is 2. The maximum atomic E-state index is 13.5. The van der Waals surface area contributed by atoms with Gasteiger partial charge in [-0.3, -0.25) is 4.79 Å². The first-order valence-electron chi connectivity index (χ1n) is 10.5. The summed E-state index contributed by atoms with van der Waals surface area (Å²) in [6, 6.07) is 11.1. The first kappa shape index (κ1) is 20.7. The maximum absolute atomic E-state index is 13.5. The summed E-state index contributed by atoms with van der Waals surface area (Å²) in [4.78, 5) is 17.0. The second-order valence-electron chi connectivity index (χ2n) is 8.95. The van der Waals surface area contributed by atoms with Gasteiger partial charge in [-0.05, 0) is 55.7 Å². The first-order chi connectivity index (χ1) is 15.8. The van der Waals surface area contributed by atoms with Gasteiger partial charge >= 0.3 is 0 Å². The molecule has 2 aromatic carbocycles. The number of hydrogen-bond acceptors (Lipinski definition) is 6. The number of carbonyl (C=O) groups is 1. The summed E-state index contributed by atoms with van der Waals surface area (Å²) in [6.45, 7) is -0.00261. The molecule has 1 aromatic heterocycles. The van der Waals surface area contributed by atoms with E-state index in [0.717, 1.165) is 25.3 Å². The van der Waals surface area contributed by atoms with Crippen LogP contribution in [0, 0.1) is 11.2 Å². The molecule has 7 nitrogen and oxygen atoms in total. The molecule has 33 heavy (non-hydrogen) atoms. The van der Waals surface area contributed by atoms with E-state index >= 15 is 0 Å². The predicted molar refractivity (Wildman–Crippen MR) is 116 cm³/mol. The molecule has 3 fully saturated rings. The molecule has 3 unspecified atom stereocenters. The third kappa shape index (κ3) is 3.19. The highest BCUT2D eigenvalue weighted by Gasteiger charge is 2.99. The average Bonchev–Trinajstić information content (AvgIpc) is 3.37. The lowest BCUT2D eigenvalue weighted by atomic mass is 9.79. The van der Waals surface area contributed by atoms with E-state index in [-0.39, 0.29) is 46.3 Å². The number of halogens is 3. The highest BCUT2D eigenvalue weighted by molar-refractivity contribution is 6.30. The molecule has 3 aliphatic rings. The fourth-order valence-corrected chi connectivity index (χ4v) is 5.68.